The monoisotopic (exact) mass is 376 g/mol. The molecule has 3 rings (SSSR count). The van der Waals surface area contributed by atoms with Gasteiger partial charge in [0.1, 0.15) is 5.75 Å². The predicted molar refractivity (Wildman–Crippen MR) is 101 cm³/mol. The van der Waals surface area contributed by atoms with Crippen LogP contribution in [0.2, 0.25) is 0 Å². The van der Waals surface area contributed by atoms with Gasteiger partial charge in [-0.25, -0.2) is 8.42 Å². The molecule has 6 nitrogen and oxygen atoms in total. The summed E-state index contributed by atoms with van der Waals surface area (Å²) in [6, 6.07) is 14.5. The largest absolute Gasteiger partial charge is 0.497 e. The van der Waals surface area contributed by atoms with Crippen LogP contribution in [0.3, 0.4) is 0 Å². The number of hydrogen-bond donors (Lipinski definition) is 0. The lowest BCUT2D eigenvalue weighted by Gasteiger charge is -2.32. The van der Waals surface area contributed by atoms with E-state index in [0.717, 1.165) is 17.0 Å². The van der Waals surface area contributed by atoms with Crippen molar-refractivity contribution in [3.8, 4) is 5.75 Å². The van der Waals surface area contributed by atoms with Gasteiger partial charge in [0.2, 0.25) is 10.0 Å². The molecular weight excluding hydrogens is 352 g/mol. The highest BCUT2D eigenvalue weighted by atomic mass is 32.2. The third-order valence-corrected chi connectivity index (χ3v) is 6.37. The molecule has 0 saturated carbocycles. The van der Waals surface area contributed by atoms with E-state index < -0.39 is 10.0 Å². The first-order valence-corrected chi connectivity index (χ1v) is 9.89. The number of anilines is 1. The fourth-order valence-electron chi connectivity index (χ4n) is 2.95. The van der Waals surface area contributed by atoms with Gasteiger partial charge in [0.15, 0.2) is 0 Å². The minimum Gasteiger partial charge on any atom is -0.497 e. The van der Waals surface area contributed by atoms with E-state index in [1.807, 2.05) is 55.4 Å². The van der Waals surface area contributed by atoms with Crippen molar-refractivity contribution < 1.29 is 17.9 Å². The van der Waals surface area contributed by atoms with Gasteiger partial charge >= 0.3 is 0 Å². The summed E-state index contributed by atoms with van der Waals surface area (Å²) < 4.78 is 38.5. The van der Waals surface area contributed by atoms with Gasteiger partial charge in [-0.1, -0.05) is 12.1 Å². The molecule has 1 fully saturated rings. The highest BCUT2D eigenvalue weighted by Gasteiger charge is 2.31. The Balaban J connectivity index is 1.81. The average Bonchev–Trinajstić information content (AvgIpc) is 2.68. The first kappa shape index (κ1) is 18.7. The number of methoxy groups -OCH3 is 1. The SMILES string of the molecule is COc1cccc(C2CN(S(=O)(=O)c3ccc(N(C)C)cc3)CCO2)c1. The van der Waals surface area contributed by atoms with E-state index in [1.165, 1.54) is 4.31 Å². The van der Waals surface area contributed by atoms with E-state index in [4.69, 9.17) is 9.47 Å². The van der Waals surface area contributed by atoms with Crippen LogP contribution < -0.4 is 9.64 Å². The van der Waals surface area contributed by atoms with Crippen LogP contribution >= 0.6 is 0 Å². The van der Waals surface area contributed by atoms with Gasteiger partial charge in [0, 0.05) is 32.9 Å². The molecule has 2 aromatic carbocycles. The van der Waals surface area contributed by atoms with Gasteiger partial charge in [-0.3, -0.25) is 0 Å². The zero-order valence-electron chi connectivity index (χ0n) is 15.3. The number of hydrogen-bond acceptors (Lipinski definition) is 5. The molecule has 0 amide bonds. The van der Waals surface area contributed by atoms with E-state index in [2.05, 4.69) is 0 Å². The summed E-state index contributed by atoms with van der Waals surface area (Å²) in [5.41, 5.74) is 1.87. The molecule has 1 unspecified atom stereocenters. The summed E-state index contributed by atoms with van der Waals surface area (Å²) in [5.74, 6) is 0.727. The Kier molecular flexibility index (Phi) is 5.50. The third-order valence-electron chi connectivity index (χ3n) is 4.49. The standard InChI is InChI=1S/C19H24N2O4S/c1-20(2)16-7-9-18(10-8-16)26(22,23)21-11-12-25-19(14-21)15-5-4-6-17(13-15)24-3/h4-10,13,19H,11-12,14H2,1-3H3. The molecule has 7 heteroatoms. The molecule has 0 spiro atoms. The van der Waals surface area contributed by atoms with Crippen LogP contribution in [0.1, 0.15) is 11.7 Å². The quantitative estimate of drug-likeness (QED) is 0.803. The Labute approximate surface area is 155 Å². The molecule has 0 radical (unpaired) electrons. The average molecular weight is 376 g/mol. The van der Waals surface area contributed by atoms with E-state index in [-0.39, 0.29) is 12.6 Å². The zero-order chi connectivity index (χ0) is 18.7. The fourth-order valence-corrected chi connectivity index (χ4v) is 4.38. The van der Waals surface area contributed by atoms with Gasteiger partial charge in [0.25, 0.3) is 0 Å². The van der Waals surface area contributed by atoms with Crippen molar-refractivity contribution in [3.63, 3.8) is 0 Å². The fraction of sp³-hybridized carbons (Fsp3) is 0.368. The number of ether oxygens (including phenoxy) is 2. The van der Waals surface area contributed by atoms with Gasteiger partial charge in [0.05, 0.1) is 24.7 Å². The van der Waals surface area contributed by atoms with Crippen LogP contribution in [0.15, 0.2) is 53.4 Å². The van der Waals surface area contributed by atoms with Gasteiger partial charge < -0.3 is 14.4 Å². The maximum absolute atomic E-state index is 13.0. The summed E-state index contributed by atoms with van der Waals surface area (Å²) in [4.78, 5) is 2.23. The first-order chi connectivity index (χ1) is 12.4. The number of nitrogens with zero attached hydrogens (tertiary/aromatic N) is 2. The van der Waals surface area contributed by atoms with Crippen molar-refractivity contribution in [2.45, 2.75) is 11.0 Å². The highest BCUT2D eigenvalue weighted by molar-refractivity contribution is 7.89. The van der Waals surface area contributed by atoms with E-state index in [0.29, 0.717) is 18.0 Å². The van der Waals surface area contributed by atoms with Crippen molar-refractivity contribution in [1.29, 1.82) is 0 Å². The lowest BCUT2D eigenvalue weighted by atomic mass is 10.1. The molecule has 26 heavy (non-hydrogen) atoms. The Morgan fingerprint density at radius 2 is 1.88 bits per heavy atom. The van der Waals surface area contributed by atoms with E-state index in [9.17, 15) is 8.42 Å². The summed E-state index contributed by atoms with van der Waals surface area (Å²) in [7, 11) is 1.89. The number of rotatable bonds is 5. The van der Waals surface area contributed by atoms with Crippen LogP contribution in [-0.4, -0.2) is 53.6 Å². The lowest BCUT2D eigenvalue weighted by molar-refractivity contribution is -0.00264. The molecule has 2 aromatic rings. The number of benzene rings is 2. The van der Waals surface area contributed by atoms with Crippen LogP contribution in [-0.2, 0) is 14.8 Å². The van der Waals surface area contributed by atoms with Gasteiger partial charge in [-0.15, -0.1) is 0 Å². The Bertz CT molecular complexity index is 850. The maximum Gasteiger partial charge on any atom is 0.243 e. The van der Waals surface area contributed by atoms with Crippen molar-refractivity contribution in [2.24, 2.45) is 0 Å². The molecule has 1 heterocycles. The Morgan fingerprint density at radius 3 is 2.54 bits per heavy atom. The first-order valence-electron chi connectivity index (χ1n) is 8.45. The maximum atomic E-state index is 13.0. The number of morpholine rings is 1. The molecule has 0 aromatic heterocycles. The molecular formula is C19H24N2O4S. The number of sulfonamides is 1. The minimum atomic E-state index is -3.56. The van der Waals surface area contributed by atoms with Crippen LogP contribution in [0.5, 0.6) is 5.75 Å². The van der Waals surface area contributed by atoms with E-state index >= 15 is 0 Å². The molecule has 1 aliphatic rings. The topological polar surface area (TPSA) is 59.1 Å². The van der Waals surface area contributed by atoms with E-state index in [1.54, 1.807) is 19.2 Å². The van der Waals surface area contributed by atoms with Crippen molar-refractivity contribution >= 4 is 15.7 Å². The van der Waals surface area contributed by atoms with Crippen molar-refractivity contribution in [2.75, 3.05) is 45.8 Å². The zero-order valence-corrected chi connectivity index (χ0v) is 16.1. The normalized spacial score (nSPS) is 18.5. The predicted octanol–water partition coefficient (Wildman–Crippen LogP) is 2.52. The van der Waals surface area contributed by atoms with Crippen LogP contribution in [0.25, 0.3) is 0 Å². The summed E-state index contributed by atoms with van der Waals surface area (Å²) in [5, 5.41) is 0. The Hall–Kier alpha value is -2.09. The minimum absolute atomic E-state index is 0.283. The van der Waals surface area contributed by atoms with Crippen LogP contribution in [0, 0.1) is 0 Å². The second-order valence-electron chi connectivity index (χ2n) is 6.39. The summed E-state index contributed by atoms with van der Waals surface area (Å²) in [6.45, 7) is 0.986. The summed E-state index contributed by atoms with van der Waals surface area (Å²) >= 11 is 0. The van der Waals surface area contributed by atoms with Crippen molar-refractivity contribution in [3.05, 3.63) is 54.1 Å². The third kappa shape index (κ3) is 3.85. The molecule has 1 aliphatic heterocycles. The highest BCUT2D eigenvalue weighted by Crippen LogP contribution is 2.29. The second-order valence-corrected chi connectivity index (χ2v) is 8.33. The molecule has 0 aliphatic carbocycles. The summed E-state index contributed by atoms with van der Waals surface area (Å²) in [6.07, 6.45) is -0.310. The van der Waals surface area contributed by atoms with Gasteiger partial charge in [-0.2, -0.15) is 4.31 Å². The lowest BCUT2D eigenvalue weighted by Crippen LogP contribution is -2.42. The van der Waals surface area contributed by atoms with Crippen LogP contribution in [0.4, 0.5) is 5.69 Å². The molecule has 0 N–H and O–H groups in total. The van der Waals surface area contributed by atoms with Crippen molar-refractivity contribution in [1.82, 2.24) is 4.31 Å². The molecule has 0 bridgehead atoms. The molecule has 1 atom stereocenters. The molecule has 1 saturated heterocycles. The molecule has 140 valence electrons. The second kappa shape index (κ2) is 7.65. The smallest absolute Gasteiger partial charge is 0.243 e. The Morgan fingerprint density at radius 1 is 1.15 bits per heavy atom. The van der Waals surface area contributed by atoms with Gasteiger partial charge in [-0.05, 0) is 42.0 Å².